The average Bonchev–Trinajstić information content (AvgIpc) is 3.14. The van der Waals surface area contributed by atoms with Gasteiger partial charge >= 0.3 is 4.87 Å². The van der Waals surface area contributed by atoms with Crippen LogP contribution in [-0.2, 0) is 14.8 Å². The first kappa shape index (κ1) is 23.7. The topological polar surface area (TPSA) is 88.5 Å². The van der Waals surface area contributed by atoms with Gasteiger partial charge in [-0.3, -0.25) is 18.5 Å². The lowest BCUT2D eigenvalue weighted by molar-refractivity contribution is -0.114. The minimum absolute atomic E-state index is 0.00542. The molecular formula is C24H22FN3O4S2. The Kier molecular flexibility index (Phi) is 6.54. The Morgan fingerprint density at radius 1 is 1.06 bits per heavy atom. The standard InChI is InChI=1S/C24H22FN3O4S2/c1-16(2)28-21-13-10-18(14-22(21)33-24(28)30)26-23(29)15-27(19-11-8-17(25)9-12-19)34(31,32)20-6-4-3-5-7-20/h3-14,16H,15H2,1-2H3,(H,26,29). The summed E-state index contributed by atoms with van der Waals surface area (Å²) in [5.74, 6) is -1.11. The third-order valence-corrected chi connectivity index (χ3v) is 7.85. The van der Waals surface area contributed by atoms with Gasteiger partial charge in [0.25, 0.3) is 10.0 Å². The number of fused-ring (bicyclic) bond motifs is 1. The van der Waals surface area contributed by atoms with E-state index in [1.54, 1.807) is 41.0 Å². The average molecular weight is 500 g/mol. The number of carbonyl (C=O) groups is 1. The molecule has 4 aromatic rings. The molecule has 0 radical (unpaired) electrons. The normalized spacial score (nSPS) is 11.6. The number of nitrogens with zero attached hydrogens (tertiary/aromatic N) is 2. The zero-order valence-corrected chi connectivity index (χ0v) is 20.1. The van der Waals surface area contributed by atoms with E-state index < -0.39 is 28.3 Å². The Morgan fingerprint density at radius 3 is 2.38 bits per heavy atom. The van der Waals surface area contributed by atoms with E-state index in [1.165, 1.54) is 24.3 Å². The number of hydrogen-bond acceptors (Lipinski definition) is 5. The highest BCUT2D eigenvalue weighted by Gasteiger charge is 2.27. The van der Waals surface area contributed by atoms with Crippen LogP contribution in [0.5, 0.6) is 0 Å². The van der Waals surface area contributed by atoms with Crippen LogP contribution in [0.1, 0.15) is 19.9 Å². The number of anilines is 2. The van der Waals surface area contributed by atoms with Gasteiger partial charge in [0.1, 0.15) is 12.4 Å². The summed E-state index contributed by atoms with van der Waals surface area (Å²) in [6, 6.07) is 17.7. The predicted octanol–water partition coefficient (Wildman–Crippen LogP) is 4.62. The largest absolute Gasteiger partial charge is 0.324 e. The number of rotatable bonds is 7. The number of benzene rings is 3. The fourth-order valence-electron chi connectivity index (χ4n) is 3.58. The maximum Gasteiger partial charge on any atom is 0.308 e. The van der Waals surface area contributed by atoms with E-state index in [0.717, 1.165) is 33.3 Å². The van der Waals surface area contributed by atoms with Crippen molar-refractivity contribution in [3.8, 4) is 0 Å². The predicted molar refractivity (Wildman–Crippen MR) is 132 cm³/mol. The number of carbonyl (C=O) groups excluding carboxylic acids is 1. The summed E-state index contributed by atoms with van der Waals surface area (Å²) in [7, 11) is -4.09. The molecule has 1 aromatic heterocycles. The van der Waals surface area contributed by atoms with Gasteiger partial charge in [-0.15, -0.1) is 0 Å². The lowest BCUT2D eigenvalue weighted by Crippen LogP contribution is -2.38. The first-order valence-corrected chi connectivity index (χ1v) is 12.7. The summed E-state index contributed by atoms with van der Waals surface area (Å²) in [6.07, 6.45) is 0. The molecule has 0 aliphatic heterocycles. The first-order valence-electron chi connectivity index (χ1n) is 10.4. The quantitative estimate of drug-likeness (QED) is 0.402. The molecule has 1 N–H and O–H groups in total. The lowest BCUT2D eigenvalue weighted by Gasteiger charge is -2.24. The van der Waals surface area contributed by atoms with Crippen molar-refractivity contribution in [3.05, 3.63) is 88.3 Å². The number of halogens is 1. The van der Waals surface area contributed by atoms with Crippen molar-refractivity contribution in [1.29, 1.82) is 0 Å². The van der Waals surface area contributed by atoms with E-state index in [4.69, 9.17) is 0 Å². The van der Waals surface area contributed by atoms with Crippen molar-refractivity contribution in [2.45, 2.75) is 24.8 Å². The van der Waals surface area contributed by atoms with Crippen LogP contribution in [0.15, 0.2) is 82.5 Å². The summed E-state index contributed by atoms with van der Waals surface area (Å²) in [4.78, 5) is 25.1. The Balaban J connectivity index is 1.63. The van der Waals surface area contributed by atoms with Gasteiger partial charge in [0.15, 0.2) is 0 Å². The number of thiazole rings is 1. The summed E-state index contributed by atoms with van der Waals surface area (Å²) in [5, 5.41) is 2.70. The second-order valence-corrected chi connectivity index (χ2v) is 10.7. The van der Waals surface area contributed by atoms with Gasteiger partial charge in [-0.05, 0) is 68.4 Å². The molecule has 4 rings (SSSR count). The van der Waals surface area contributed by atoms with Crippen LogP contribution >= 0.6 is 11.3 Å². The van der Waals surface area contributed by atoms with Crippen molar-refractivity contribution in [1.82, 2.24) is 4.57 Å². The molecule has 0 aliphatic carbocycles. The highest BCUT2D eigenvalue weighted by atomic mass is 32.2. The van der Waals surface area contributed by atoms with Gasteiger partial charge in [0.05, 0.1) is 20.8 Å². The van der Waals surface area contributed by atoms with Crippen LogP contribution in [0.4, 0.5) is 15.8 Å². The molecule has 0 saturated heterocycles. The van der Waals surface area contributed by atoms with E-state index in [-0.39, 0.29) is 21.5 Å². The van der Waals surface area contributed by atoms with Crippen LogP contribution in [0.2, 0.25) is 0 Å². The molecule has 0 aliphatic rings. The van der Waals surface area contributed by atoms with Gasteiger partial charge in [-0.1, -0.05) is 29.5 Å². The monoisotopic (exact) mass is 499 g/mol. The molecule has 176 valence electrons. The summed E-state index contributed by atoms with van der Waals surface area (Å²) >= 11 is 1.08. The number of aromatic nitrogens is 1. The summed E-state index contributed by atoms with van der Waals surface area (Å²) in [5.41, 5.74) is 1.36. The van der Waals surface area contributed by atoms with Crippen molar-refractivity contribution in [3.63, 3.8) is 0 Å². The molecule has 7 nitrogen and oxygen atoms in total. The van der Waals surface area contributed by atoms with Crippen molar-refractivity contribution >= 4 is 48.9 Å². The minimum atomic E-state index is -4.09. The van der Waals surface area contributed by atoms with E-state index >= 15 is 0 Å². The van der Waals surface area contributed by atoms with Crippen LogP contribution < -0.4 is 14.5 Å². The fraction of sp³-hybridized carbons (Fsp3) is 0.167. The number of amides is 1. The zero-order valence-electron chi connectivity index (χ0n) is 18.4. The van der Waals surface area contributed by atoms with Gasteiger partial charge < -0.3 is 5.32 Å². The van der Waals surface area contributed by atoms with Gasteiger partial charge in [0, 0.05) is 11.7 Å². The highest BCUT2D eigenvalue weighted by Crippen LogP contribution is 2.26. The van der Waals surface area contributed by atoms with Crippen LogP contribution in [0.25, 0.3) is 10.2 Å². The molecule has 3 aromatic carbocycles. The molecule has 1 amide bonds. The van der Waals surface area contributed by atoms with Gasteiger partial charge in [-0.2, -0.15) is 0 Å². The summed E-state index contributed by atoms with van der Waals surface area (Å²) < 4.78 is 43.4. The Hall–Kier alpha value is -3.50. The second-order valence-electron chi connectivity index (χ2n) is 7.86. The van der Waals surface area contributed by atoms with Gasteiger partial charge in [0.2, 0.25) is 5.91 Å². The Bertz CT molecular complexity index is 1500. The van der Waals surface area contributed by atoms with E-state index in [0.29, 0.717) is 10.4 Å². The molecule has 0 saturated carbocycles. The van der Waals surface area contributed by atoms with Crippen molar-refractivity contribution < 1.29 is 17.6 Å². The molecule has 0 spiro atoms. The van der Waals surface area contributed by atoms with Gasteiger partial charge in [-0.25, -0.2) is 12.8 Å². The first-order chi connectivity index (χ1) is 16.2. The SMILES string of the molecule is CC(C)n1c(=O)sc2cc(NC(=O)CN(c3ccc(F)cc3)S(=O)(=O)c3ccccc3)ccc21. The number of sulfonamides is 1. The Labute approximate surface area is 200 Å². The molecule has 0 fully saturated rings. The van der Waals surface area contributed by atoms with E-state index in [9.17, 15) is 22.4 Å². The second kappa shape index (κ2) is 9.40. The van der Waals surface area contributed by atoms with Crippen LogP contribution in [0, 0.1) is 5.82 Å². The molecule has 34 heavy (non-hydrogen) atoms. The molecule has 0 unspecified atom stereocenters. The highest BCUT2D eigenvalue weighted by molar-refractivity contribution is 7.92. The zero-order chi connectivity index (χ0) is 24.5. The molecule has 0 atom stereocenters. The molecular weight excluding hydrogens is 477 g/mol. The van der Waals surface area contributed by atoms with Crippen molar-refractivity contribution in [2.24, 2.45) is 0 Å². The Morgan fingerprint density at radius 2 is 1.74 bits per heavy atom. The maximum atomic E-state index is 13.5. The fourth-order valence-corrected chi connectivity index (χ4v) is 6.07. The van der Waals surface area contributed by atoms with Crippen LogP contribution in [0.3, 0.4) is 0 Å². The lowest BCUT2D eigenvalue weighted by atomic mass is 10.2. The third kappa shape index (κ3) is 4.73. The molecule has 1 heterocycles. The molecule has 10 heteroatoms. The number of hydrogen-bond donors (Lipinski definition) is 1. The minimum Gasteiger partial charge on any atom is -0.324 e. The molecule has 0 bridgehead atoms. The summed E-state index contributed by atoms with van der Waals surface area (Å²) in [6.45, 7) is 3.31. The third-order valence-electron chi connectivity index (χ3n) is 5.15. The van der Waals surface area contributed by atoms with Crippen molar-refractivity contribution in [2.75, 3.05) is 16.2 Å². The number of nitrogens with one attached hydrogen (secondary N) is 1. The van der Waals surface area contributed by atoms with E-state index in [1.807, 2.05) is 13.8 Å². The van der Waals surface area contributed by atoms with E-state index in [2.05, 4.69) is 5.32 Å². The smallest absolute Gasteiger partial charge is 0.308 e. The van der Waals surface area contributed by atoms with Crippen LogP contribution in [-0.4, -0.2) is 25.4 Å². The maximum absolute atomic E-state index is 13.5.